The van der Waals surface area contributed by atoms with Gasteiger partial charge in [0.15, 0.2) is 5.96 Å². The van der Waals surface area contributed by atoms with Crippen LogP contribution in [-0.4, -0.2) is 68.1 Å². The summed E-state index contributed by atoms with van der Waals surface area (Å²) in [6.45, 7) is 16.4. The van der Waals surface area contributed by atoms with Crippen LogP contribution in [-0.2, 0) is 10.0 Å². The highest BCUT2D eigenvalue weighted by Gasteiger charge is 2.53. The average molecular weight is 474 g/mol. The fourth-order valence-electron chi connectivity index (χ4n) is 2.79. The van der Waals surface area contributed by atoms with Gasteiger partial charge < -0.3 is 10.2 Å². The van der Waals surface area contributed by atoms with E-state index in [0.717, 1.165) is 25.5 Å². The lowest BCUT2D eigenvalue weighted by atomic mass is 9.65. The van der Waals surface area contributed by atoms with Gasteiger partial charge in [0.1, 0.15) is 0 Å². The summed E-state index contributed by atoms with van der Waals surface area (Å²) < 4.78 is 24.7. The Balaban J connectivity index is 0.00000529. The molecule has 0 amide bonds. The maximum absolute atomic E-state index is 11.6. The summed E-state index contributed by atoms with van der Waals surface area (Å²) in [7, 11) is -3.11. The van der Waals surface area contributed by atoms with E-state index < -0.39 is 10.0 Å². The number of halogens is 1. The van der Waals surface area contributed by atoms with Gasteiger partial charge >= 0.3 is 0 Å². The minimum Gasteiger partial charge on any atom is -0.356 e. The fourth-order valence-corrected chi connectivity index (χ4v) is 3.72. The van der Waals surface area contributed by atoms with Gasteiger partial charge in [0, 0.05) is 43.7 Å². The molecule has 1 saturated heterocycles. The lowest BCUT2D eigenvalue weighted by molar-refractivity contribution is -0.0667. The van der Waals surface area contributed by atoms with Crippen molar-refractivity contribution in [2.75, 3.05) is 39.0 Å². The van der Waals surface area contributed by atoms with Crippen molar-refractivity contribution in [3.8, 4) is 0 Å². The lowest BCUT2D eigenvalue weighted by Crippen LogP contribution is -2.72. The summed E-state index contributed by atoms with van der Waals surface area (Å²) in [5, 5.41) is 3.35. The molecule has 0 bridgehead atoms. The molecule has 1 N–H and O–H groups in total. The van der Waals surface area contributed by atoms with Crippen molar-refractivity contribution in [1.82, 2.24) is 14.5 Å². The molecule has 0 unspecified atom stereocenters. The zero-order valence-corrected chi connectivity index (χ0v) is 19.4. The van der Waals surface area contributed by atoms with E-state index in [1.54, 1.807) is 0 Å². The second-order valence-electron chi connectivity index (χ2n) is 7.37. The number of sulfonamides is 1. The van der Waals surface area contributed by atoms with Crippen molar-refractivity contribution in [1.29, 1.82) is 0 Å². The monoisotopic (exact) mass is 474 g/mol. The van der Waals surface area contributed by atoms with Crippen LogP contribution in [0.1, 0.15) is 48.0 Å². The molecular formula is C16H35IN4O2S. The van der Waals surface area contributed by atoms with E-state index in [-0.39, 0.29) is 34.9 Å². The Hall–Kier alpha value is -0.0900. The second-order valence-corrected chi connectivity index (χ2v) is 9.36. The van der Waals surface area contributed by atoms with Crippen LogP contribution in [0.15, 0.2) is 4.99 Å². The molecule has 1 aliphatic heterocycles. The minimum atomic E-state index is -3.11. The van der Waals surface area contributed by atoms with Crippen molar-refractivity contribution in [2.45, 2.75) is 53.5 Å². The van der Waals surface area contributed by atoms with Gasteiger partial charge in [0.25, 0.3) is 0 Å². The Kier molecular flexibility index (Phi) is 8.99. The molecule has 1 aliphatic rings. The van der Waals surface area contributed by atoms with Gasteiger partial charge in [-0.1, -0.05) is 20.8 Å². The summed E-state index contributed by atoms with van der Waals surface area (Å²) in [5.74, 6) is 0.930. The van der Waals surface area contributed by atoms with Crippen LogP contribution < -0.4 is 5.32 Å². The Labute approximate surface area is 165 Å². The zero-order chi connectivity index (χ0) is 17.9. The topological polar surface area (TPSA) is 65.0 Å². The van der Waals surface area contributed by atoms with E-state index in [1.165, 1.54) is 10.6 Å². The van der Waals surface area contributed by atoms with Crippen LogP contribution in [0.25, 0.3) is 0 Å². The van der Waals surface area contributed by atoms with Crippen molar-refractivity contribution >= 4 is 40.0 Å². The highest BCUT2D eigenvalue weighted by molar-refractivity contribution is 14.0. The Morgan fingerprint density at radius 2 is 1.83 bits per heavy atom. The third-order valence-corrected chi connectivity index (χ3v) is 6.50. The van der Waals surface area contributed by atoms with E-state index in [4.69, 9.17) is 4.99 Å². The molecule has 0 spiro atoms. The van der Waals surface area contributed by atoms with E-state index in [9.17, 15) is 8.42 Å². The molecule has 0 atom stereocenters. The maximum atomic E-state index is 11.6. The first-order chi connectivity index (χ1) is 10.5. The molecule has 8 heteroatoms. The standard InChI is InChI=1S/C16H34N4O2S.HI/c1-8-17-14(20-13-15(3,4)16(20,5)6)18-11-10-12-19(9-2)23(7,21)22;/h8-13H2,1-7H3,(H,17,18);1H. The van der Waals surface area contributed by atoms with E-state index >= 15 is 0 Å². The number of nitrogens with one attached hydrogen (secondary N) is 1. The molecule has 0 aromatic carbocycles. The van der Waals surface area contributed by atoms with E-state index in [2.05, 4.69) is 44.8 Å². The summed E-state index contributed by atoms with van der Waals surface area (Å²) in [4.78, 5) is 7.01. The molecule has 0 aliphatic carbocycles. The number of rotatable bonds is 7. The molecule has 0 radical (unpaired) electrons. The SMILES string of the molecule is CCNC(=NCCCN(CC)S(C)(=O)=O)N1CC(C)(C)C1(C)C.I. The van der Waals surface area contributed by atoms with Gasteiger partial charge in [-0.05, 0) is 27.2 Å². The summed E-state index contributed by atoms with van der Waals surface area (Å²) in [6.07, 6.45) is 1.99. The largest absolute Gasteiger partial charge is 0.356 e. The van der Waals surface area contributed by atoms with Crippen LogP contribution in [0.4, 0.5) is 0 Å². The Morgan fingerprint density at radius 1 is 1.25 bits per heavy atom. The van der Waals surface area contributed by atoms with Gasteiger partial charge in [-0.3, -0.25) is 4.99 Å². The predicted molar refractivity (Wildman–Crippen MR) is 113 cm³/mol. The van der Waals surface area contributed by atoms with Crippen molar-refractivity contribution in [3.05, 3.63) is 0 Å². The summed E-state index contributed by atoms with van der Waals surface area (Å²) in [6, 6.07) is 0. The molecule has 0 aromatic rings. The molecule has 1 rings (SSSR count). The van der Waals surface area contributed by atoms with E-state index in [0.29, 0.717) is 19.6 Å². The molecule has 1 heterocycles. The quantitative estimate of drug-likeness (QED) is 0.266. The van der Waals surface area contributed by atoms with Crippen molar-refractivity contribution < 1.29 is 8.42 Å². The first-order valence-corrected chi connectivity index (χ1v) is 10.3. The van der Waals surface area contributed by atoms with Crippen molar-refractivity contribution in [2.24, 2.45) is 10.4 Å². The first-order valence-electron chi connectivity index (χ1n) is 8.48. The maximum Gasteiger partial charge on any atom is 0.211 e. The molecule has 0 aromatic heterocycles. The van der Waals surface area contributed by atoms with Crippen molar-refractivity contribution in [3.63, 3.8) is 0 Å². The molecular weight excluding hydrogens is 439 g/mol. The fraction of sp³-hybridized carbons (Fsp3) is 0.938. The zero-order valence-electron chi connectivity index (χ0n) is 16.2. The van der Waals surface area contributed by atoms with Gasteiger partial charge in [0.2, 0.25) is 10.0 Å². The third kappa shape index (κ3) is 5.45. The minimum absolute atomic E-state index is 0. The third-order valence-electron chi connectivity index (χ3n) is 5.12. The van der Waals surface area contributed by atoms with Crippen LogP contribution in [0.2, 0.25) is 0 Å². The number of likely N-dealkylation sites (tertiary alicyclic amines) is 1. The number of guanidine groups is 1. The van der Waals surface area contributed by atoms with Gasteiger partial charge in [-0.25, -0.2) is 12.7 Å². The number of hydrogen-bond donors (Lipinski definition) is 1. The molecule has 24 heavy (non-hydrogen) atoms. The highest BCUT2D eigenvalue weighted by atomic mass is 127. The van der Waals surface area contributed by atoms with Crippen LogP contribution >= 0.6 is 24.0 Å². The summed E-state index contributed by atoms with van der Waals surface area (Å²) in [5.41, 5.74) is 0.328. The van der Waals surface area contributed by atoms with Gasteiger partial charge in [-0.2, -0.15) is 0 Å². The Morgan fingerprint density at radius 3 is 2.21 bits per heavy atom. The predicted octanol–water partition coefficient (Wildman–Crippen LogP) is 2.36. The summed E-state index contributed by atoms with van der Waals surface area (Å²) >= 11 is 0. The van der Waals surface area contributed by atoms with Crippen LogP contribution in [0, 0.1) is 5.41 Å². The van der Waals surface area contributed by atoms with Gasteiger partial charge in [-0.15, -0.1) is 24.0 Å². The van der Waals surface area contributed by atoms with Crippen LogP contribution in [0.3, 0.4) is 0 Å². The molecule has 144 valence electrons. The number of aliphatic imine (C=N–C) groups is 1. The Bertz CT molecular complexity index is 532. The molecule has 6 nitrogen and oxygen atoms in total. The lowest BCUT2D eigenvalue weighted by Gasteiger charge is -2.62. The highest BCUT2D eigenvalue weighted by Crippen LogP contribution is 2.46. The molecule has 0 saturated carbocycles. The first kappa shape index (κ1) is 23.9. The molecule has 1 fully saturated rings. The van der Waals surface area contributed by atoms with Gasteiger partial charge in [0.05, 0.1) is 6.26 Å². The average Bonchev–Trinajstić information content (AvgIpc) is 2.42. The second kappa shape index (κ2) is 9.02. The number of hydrogen-bond acceptors (Lipinski definition) is 3. The smallest absolute Gasteiger partial charge is 0.211 e. The normalized spacial score (nSPS) is 19.7. The van der Waals surface area contributed by atoms with Crippen LogP contribution in [0.5, 0.6) is 0 Å². The van der Waals surface area contributed by atoms with E-state index in [1.807, 2.05) is 6.92 Å². The number of nitrogens with zero attached hydrogens (tertiary/aromatic N) is 3.